The van der Waals surface area contributed by atoms with Gasteiger partial charge >= 0.3 is 6.18 Å². The molecular formula is C24H22F3N3O3S. The molecule has 0 aliphatic carbocycles. The second-order valence-corrected chi connectivity index (χ2v) is 9.21. The number of aryl methyl sites for hydroxylation is 1. The van der Waals surface area contributed by atoms with Crippen molar-refractivity contribution < 1.29 is 26.4 Å². The standard InChI is InChI=1S/C24H22F3N3O3S/c1-3-13-30(20-10-5-9-19(15-20)24(25,26)27)34(32,33)21-11-4-8-18(14-21)23(31)29-16-22-17(2)7-6-12-28-22/h3-12,14-15H,1,13,16H2,2H3,(H,29,31). The summed E-state index contributed by atoms with van der Waals surface area (Å²) in [6, 6.07) is 12.9. The van der Waals surface area contributed by atoms with Crippen LogP contribution in [0, 0.1) is 6.92 Å². The molecule has 3 rings (SSSR count). The van der Waals surface area contributed by atoms with Gasteiger partial charge in [-0.05, 0) is 55.0 Å². The van der Waals surface area contributed by atoms with Crippen molar-refractivity contribution in [3.05, 3.63) is 102 Å². The molecule has 0 aliphatic rings. The second kappa shape index (κ2) is 10.1. The first-order valence-electron chi connectivity index (χ1n) is 10.1. The summed E-state index contributed by atoms with van der Waals surface area (Å²) in [5, 5.41) is 2.69. The minimum absolute atomic E-state index is 0.0808. The number of aromatic nitrogens is 1. The number of carbonyl (C=O) groups excluding carboxylic acids is 1. The Morgan fingerprint density at radius 2 is 1.85 bits per heavy atom. The third-order valence-electron chi connectivity index (χ3n) is 4.97. The molecule has 0 atom stereocenters. The van der Waals surface area contributed by atoms with Crippen LogP contribution in [0.4, 0.5) is 18.9 Å². The van der Waals surface area contributed by atoms with Crippen LogP contribution in [0.25, 0.3) is 0 Å². The number of hydrogen-bond acceptors (Lipinski definition) is 4. The Balaban J connectivity index is 1.90. The minimum atomic E-state index is -4.64. The van der Waals surface area contributed by atoms with Gasteiger partial charge in [-0.25, -0.2) is 8.42 Å². The fourth-order valence-electron chi connectivity index (χ4n) is 3.19. The fourth-order valence-corrected chi connectivity index (χ4v) is 4.67. The predicted octanol–water partition coefficient (Wildman–Crippen LogP) is 4.72. The van der Waals surface area contributed by atoms with Crippen LogP contribution in [0.3, 0.4) is 0 Å². The Bertz CT molecular complexity index is 1310. The zero-order valence-electron chi connectivity index (χ0n) is 18.2. The van der Waals surface area contributed by atoms with E-state index in [9.17, 15) is 26.4 Å². The molecule has 0 unspecified atom stereocenters. The molecule has 0 fully saturated rings. The van der Waals surface area contributed by atoms with E-state index in [0.29, 0.717) is 5.69 Å². The number of amides is 1. The maximum atomic E-state index is 13.3. The Morgan fingerprint density at radius 1 is 1.12 bits per heavy atom. The molecule has 0 spiro atoms. The number of benzene rings is 2. The molecule has 1 heterocycles. The van der Waals surface area contributed by atoms with Crippen molar-refractivity contribution in [2.45, 2.75) is 24.5 Å². The van der Waals surface area contributed by atoms with Crippen LogP contribution in [0.2, 0.25) is 0 Å². The Hall–Kier alpha value is -3.66. The Kier molecular flexibility index (Phi) is 7.41. The smallest absolute Gasteiger partial charge is 0.346 e. The molecule has 0 saturated carbocycles. The summed E-state index contributed by atoms with van der Waals surface area (Å²) < 4.78 is 67.0. The number of sulfonamides is 1. The van der Waals surface area contributed by atoms with E-state index < -0.39 is 27.7 Å². The first kappa shape index (κ1) is 25.0. The van der Waals surface area contributed by atoms with Crippen LogP contribution in [0.15, 0.2) is 84.4 Å². The molecule has 1 aromatic heterocycles. The SMILES string of the molecule is C=CCN(c1cccc(C(F)(F)F)c1)S(=O)(=O)c1cccc(C(=O)NCc2ncccc2C)c1. The van der Waals surface area contributed by atoms with E-state index in [4.69, 9.17) is 0 Å². The van der Waals surface area contributed by atoms with E-state index >= 15 is 0 Å². The van der Waals surface area contributed by atoms with Crippen molar-refractivity contribution in [3.8, 4) is 0 Å². The van der Waals surface area contributed by atoms with E-state index in [1.165, 1.54) is 36.4 Å². The van der Waals surface area contributed by atoms with Crippen molar-refractivity contribution in [1.82, 2.24) is 10.3 Å². The lowest BCUT2D eigenvalue weighted by Gasteiger charge is -2.24. The van der Waals surface area contributed by atoms with E-state index in [-0.39, 0.29) is 29.2 Å². The molecule has 0 saturated heterocycles. The van der Waals surface area contributed by atoms with Gasteiger partial charge in [-0.2, -0.15) is 13.2 Å². The van der Waals surface area contributed by atoms with Crippen LogP contribution in [0.5, 0.6) is 0 Å². The van der Waals surface area contributed by atoms with Gasteiger partial charge < -0.3 is 5.32 Å². The van der Waals surface area contributed by atoms with Gasteiger partial charge in [0.1, 0.15) is 0 Å². The number of rotatable bonds is 8. The highest BCUT2D eigenvalue weighted by Gasteiger charge is 2.32. The molecule has 6 nitrogen and oxygen atoms in total. The summed E-state index contributed by atoms with van der Waals surface area (Å²) in [7, 11) is -4.31. The fraction of sp³-hybridized carbons (Fsp3) is 0.167. The first-order valence-corrected chi connectivity index (χ1v) is 11.6. The van der Waals surface area contributed by atoms with Crippen molar-refractivity contribution in [1.29, 1.82) is 0 Å². The number of hydrogen-bond donors (Lipinski definition) is 1. The van der Waals surface area contributed by atoms with Gasteiger partial charge in [-0.3, -0.25) is 14.1 Å². The molecule has 10 heteroatoms. The van der Waals surface area contributed by atoms with Gasteiger partial charge in [0.2, 0.25) is 0 Å². The summed E-state index contributed by atoms with van der Waals surface area (Å²) in [6.45, 7) is 5.25. The Morgan fingerprint density at radius 3 is 2.53 bits per heavy atom. The summed E-state index contributed by atoms with van der Waals surface area (Å²) in [5.41, 5.74) is 0.487. The molecule has 3 aromatic rings. The van der Waals surface area contributed by atoms with Crippen LogP contribution in [-0.4, -0.2) is 25.9 Å². The van der Waals surface area contributed by atoms with E-state index in [1.807, 2.05) is 13.0 Å². The van der Waals surface area contributed by atoms with Gasteiger partial charge in [0.05, 0.1) is 34.9 Å². The summed E-state index contributed by atoms with van der Waals surface area (Å²) in [5.74, 6) is -0.517. The third-order valence-corrected chi connectivity index (χ3v) is 6.76. The monoisotopic (exact) mass is 489 g/mol. The normalized spacial score (nSPS) is 11.6. The van der Waals surface area contributed by atoms with Gasteiger partial charge in [-0.1, -0.05) is 24.3 Å². The van der Waals surface area contributed by atoms with Crippen LogP contribution < -0.4 is 9.62 Å². The molecule has 34 heavy (non-hydrogen) atoms. The minimum Gasteiger partial charge on any atom is -0.346 e. The highest BCUT2D eigenvalue weighted by atomic mass is 32.2. The molecule has 2 aromatic carbocycles. The lowest BCUT2D eigenvalue weighted by atomic mass is 10.2. The highest BCUT2D eigenvalue weighted by Crippen LogP contribution is 2.33. The molecule has 0 radical (unpaired) electrons. The maximum Gasteiger partial charge on any atom is 0.416 e. The number of halogens is 3. The van der Waals surface area contributed by atoms with Gasteiger partial charge in [0.25, 0.3) is 15.9 Å². The number of carbonyl (C=O) groups is 1. The lowest BCUT2D eigenvalue weighted by Crippen LogP contribution is -2.32. The average Bonchev–Trinajstić information content (AvgIpc) is 2.81. The van der Waals surface area contributed by atoms with Gasteiger partial charge in [-0.15, -0.1) is 6.58 Å². The van der Waals surface area contributed by atoms with E-state index in [2.05, 4.69) is 16.9 Å². The van der Waals surface area contributed by atoms with Crippen molar-refractivity contribution in [3.63, 3.8) is 0 Å². The van der Waals surface area contributed by atoms with Gasteiger partial charge in [0.15, 0.2) is 0 Å². The number of anilines is 1. The number of nitrogens with one attached hydrogen (secondary N) is 1. The van der Waals surface area contributed by atoms with Crippen molar-refractivity contribution in [2.75, 3.05) is 10.8 Å². The summed E-state index contributed by atoms with van der Waals surface area (Å²) in [4.78, 5) is 16.6. The highest BCUT2D eigenvalue weighted by molar-refractivity contribution is 7.92. The summed E-state index contributed by atoms with van der Waals surface area (Å²) in [6.07, 6.45) is -1.77. The lowest BCUT2D eigenvalue weighted by molar-refractivity contribution is -0.137. The number of alkyl halides is 3. The molecular weight excluding hydrogens is 467 g/mol. The molecule has 1 N–H and O–H groups in total. The zero-order chi connectivity index (χ0) is 24.9. The van der Waals surface area contributed by atoms with E-state index in [0.717, 1.165) is 28.1 Å². The maximum absolute atomic E-state index is 13.3. The van der Waals surface area contributed by atoms with Crippen molar-refractivity contribution in [2.24, 2.45) is 0 Å². The topological polar surface area (TPSA) is 79.4 Å². The van der Waals surface area contributed by atoms with Crippen LogP contribution >= 0.6 is 0 Å². The van der Waals surface area contributed by atoms with Crippen LogP contribution in [0.1, 0.15) is 27.2 Å². The third kappa shape index (κ3) is 5.63. The molecule has 178 valence electrons. The van der Waals surface area contributed by atoms with E-state index in [1.54, 1.807) is 12.3 Å². The quantitative estimate of drug-likeness (QED) is 0.465. The second-order valence-electron chi connectivity index (χ2n) is 7.35. The average molecular weight is 490 g/mol. The van der Waals surface area contributed by atoms with Crippen LogP contribution in [-0.2, 0) is 22.7 Å². The first-order chi connectivity index (χ1) is 16.0. The molecule has 1 amide bonds. The Labute approximate surface area is 195 Å². The number of pyridine rings is 1. The van der Waals surface area contributed by atoms with Crippen molar-refractivity contribution >= 4 is 21.6 Å². The predicted molar refractivity (Wildman–Crippen MR) is 123 cm³/mol. The largest absolute Gasteiger partial charge is 0.416 e. The molecule has 0 bridgehead atoms. The summed E-state index contributed by atoms with van der Waals surface area (Å²) >= 11 is 0. The van der Waals surface area contributed by atoms with Gasteiger partial charge in [0, 0.05) is 11.8 Å². The molecule has 0 aliphatic heterocycles. The zero-order valence-corrected chi connectivity index (χ0v) is 19.0. The number of nitrogens with zero attached hydrogens (tertiary/aromatic N) is 2.